The second-order valence-electron chi connectivity index (χ2n) is 4.37. The van der Waals surface area contributed by atoms with Crippen LogP contribution in [-0.4, -0.2) is 0 Å². The maximum atomic E-state index is 2.39. The van der Waals surface area contributed by atoms with Gasteiger partial charge < -0.3 is 0 Å². The van der Waals surface area contributed by atoms with Gasteiger partial charge in [0.2, 0.25) is 0 Å². The second-order valence-corrected chi connectivity index (χ2v) is 4.37. The van der Waals surface area contributed by atoms with Gasteiger partial charge >= 0.3 is 0 Å². The van der Waals surface area contributed by atoms with Crippen molar-refractivity contribution in [2.24, 2.45) is 11.3 Å². The molecule has 0 aromatic heterocycles. The fraction of sp³-hybridized carbons (Fsp3) is 1.00. The Morgan fingerprint density at radius 3 is 2.20 bits per heavy atom. The average Bonchev–Trinajstić information content (AvgIpc) is 1.60. The molecule has 0 nitrogen and oxygen atoms in total. The van der Waals surface area contributed by atoms with Crippen LogP contribution in [0.4, 0.5) is 0 Å². The minimum Gasteiger partial charge on any atom is -0.0625 e. The first-order valence-electron chi connectivity index (χ1n) is 4.10. The molecule has 0 spiro atoms. The maximum Gasteiger partial charge on any atom is 0 e. The zero-order chi connectivity index (χ0) is 6.91. The minimum atomic E-state index is 0. The van der Waals surface area contributed by atoms with E-state index in [1.807, 2.05) is 0 Å². The zero-order valence-corrected chi connectivity index (χ0v) is 8.28. The Morgan fingerprint density at radius 1 is 1.30 bits per heavy atom. The second kappa shape index (κ2) is 3.77. The van der Waals surface area contributed by atoms with Gasteiger partial charge in [-0.05, 0) is 24.2 Å². The van der Waals surface area contributed by atoms with Gasteiger partial charge in [0.05, 0.1) is 0 Å². The van der Waals surface area contributed by atoms with Crippen LogP contribution in [0.15, 0.2) is 0 Å². The molecule has 1 unspecified atom stereocenters. The standard InChI is InChI=1S/C9H18.Co/c1-8-5-4-6-9(2,3)7-8;/h8H,4-7H2,1-3H3;. The normalized spacial score (nSPS) is 30.9. The molecule has 0 aliphatic heterocycles. The van der Waals surface area contributed by atoms with E-state index in [1.165, 1.54) is 25.7 Å². The largest absolute Gasteiger partial charge is 0.0625 e. The third-order valence-corrected chi connectivity index (χ3v) is 2.45. The van der Waals surface area contributed by atoms with Crippen LogP contribution in [0.1, 0.15) is 46.5 Å². The van der Waals surface area contributed by atoms with Gasteiger partial charge in [0.25, 0.3) is 0 Å². The van der Waals surface area contributed by atoms with E-state index < -0.39 is 0 Å². The summed E-state index contributed by atoms with van der Waals surface area (Å²) in [6.07, 6.45) is 5.79. The van der Waals surface area contributed by atoms with E-state index >= 15 is 0 Å². The molecule has 1 fully saturated rings. The zero-order valence-electron chi connectivity index (χ0n) is 7.24. The van der Waals surface area contributed by atoms with Crippen molar-refractivity contribution < 1.29 is 16.8 Å². The molecule has 0 heterocycles. The molecule has 0 saturated heterocycles. The Kier molecular flexibility index (Phi) is 3.96. The van der Waals surface area contributed by atoms with E-state index in [0.29, 0.717) is 5.41 Å². The molecular formula is C9H18Co. The molecule has 1 radical (unpaired) electrons. The van der Waals surface area contributed by atoms with Crippen LogP contribution in [0.5, 0.6) is 0 Å². The fourth-order valence-corrected chi connectivity index (χ4v) is 2.08. The van der Waals surface area contributed by atoms with Gasteiger partial charge in [-0.1, -0.05) is 33.6 Å². The summed E-state index contributed by atoms with van der Waals surface area (Å²) in [6.45, 7) is 7.16. The molecule has 1 rings (SSSR count). The summed E-state index contributed by atoms with van der Waals surface area (Å²) >= 11 is 0. The summed E-state index contributed by atoms with van der Waals surface area (Å²) in [7, 11) is 0. The molecule has 0 bridgehead atoms. The molecule has 63 valence electrons. The third kappa shape index (κ3) is 3.06. The van der Waals surface area contributed by atoms with E-state index in [1.54, 1.807) is 0 Å². The molecule has 1 aliphatic rings. The van der Waals surface area contributed by atoms with Crippen molar-refractivity contribution in [3.63, 3.8) is 0 Å². The molecule has 1 atom stereocenters. The Bertz CT molecular complexity index is 96.9. The summed E-state index contributed by atoms with van der Waals surface area (Å²) in [5.74, 6) is 0.980. The van der Waals surface area contributed by atoms with Crippen molar-refractivity contribution in [3.05, 3.63) is 0 Å². The summed E-state index contributed by atoms with van der Waals surface area (Å²) in [5, 5.41) is 0. The van der Waals surface area contributed by atoms with Gasteiger partial charge in [-0.2, -0.15) is 0 Å². The van der Waals surface area contributed by atoms with Crippen molar-refractivity contribution in [1.29, 1.82) is 0 Å². The maximum absolute atomic E-state index is 2.39. The Hall–Kier alpha value is 0.506. The van der Waals surface area contributed by atoms with E-state index in [4.69, 9.17) is 0 Å². The Balaban J connectivity index is 0.000000810. The molecule has 1 aliphatic carbocycles. The van der Waals surface area contributed by atoms with E-state index in [-0.39, 0.29) is 16.8 Å². The molecule has 10 heavy (non-hydrogen) atoms. The predicted molar refractivity (Wildman–Crippen MR) is 41.4 cm³/mol. The third-order valence-electron chi connectivity index (χ3n) is 2.45. The van der Waals surface area contributed by atoms with E-state index in [2.05, 4.69) is 20.8 Å². The Morgan fingerprint density at radius 2 is 1.90 bits per heavy atom. The fourth-order valence-electron chi connectivity index (χ4n) is 2.08. The van der Waals surface area contributed by atoms with Crippen molar-refractivity contribution in [3.8, 4) is 0 Å². The summed E-state index contributed by atoms with van der Waals surface area (Å²) in [4.78, 5) is 0. The SMILES string of the molecule is CC1CCCC(C)(C)C1.[Co]. The van der Waals surface area contributed by atoms with Crippen molar-refractivity contribution >= 4 is 0 Å². The number of hydrogen-bond acceptors (Lipinski definition) is 0. The molecule has 0 N–H and O–H groups in total. The topological polar surface area (TPSA) is 0 Å². The Labute approximate surface area is 75.0 Å². The molecule has 1 heteroatoms. The average molecular weight is 185 g/mol. The molecular weight excluding hydrogens is 167 g/mol. The van der Waals surface area contributed by atoms with Crippen molar-refractivity contribution in [2.45, 2.75) is 46.5 Å². The number of rotatable bonds is 0. The van der Waals surface area contributed by atoms with Gasteiger partial charge in [0.1, 0.15) is 0 Å². The molecule has 0 aromatic carbocycles. The van der Waals surface area contributed by atoms with Crippen LogP contribution in [0.3, 0.4) is 0 Å². The van der Waals surface area contributed by atoms with Crippen LogP contribution >= 0.6 is 0 Å². The minimum absolute atomic E-state index is 0. The monoisotopic (exact) mass is 185 g/mol. The van der Waals surface area contributed by atoms with Crippen molar-refractivity contribution in [2.75, 3.05) is 0 Å². The summed E-state index contributed by atoms with van der Waals surface area (Å²) < 4.78 is 0. The first kappa shape index (κ1) is 10.5. The number of hydrogen-bond donors (Lipinski definition) is 0. The van der Waals surface area contributed by atoms with Crippen LogP contribution < -0.4 is 0 Å². The van der Waals surface area contributed by atoms with E-state index in [0.717, 1.165) is 5.92 Å². The van der Waals surface area contributed by atoms with Crippen LogP contribution in [-0.2, 0) is 16.8 Å². The smallest absolute Gasteiger partial charge is 0 e. The first-order chi connectivity index (χ1) is 4.10. The van der Waals surface area contributed by atoms with Gasteiger partial charge in [-0.15, -0.1) is 0 Å². The summed E-state index contributed by atoms with van der Waals surface area (Å²) in [6, 6.07) is 0. The van der Waals surface area contributed by atoms with Crippen LogP contribution in [0.25, 0.3) is 0 Å². The van der Waals surface area contributed by atoms with Crippen LogP contribution in [0.2, 0.25) is 0 Å². The van der Waals surface area contributed by atoms with Gasteiger partial charge in [0, 0.05) is 16.8 Å². The quantitative estimate of drug-likeness (QED) is 0.543. The first-order valence-corrected chi connectivity index (χ1v) is 4.10. The summed E-state index contributed by atoms with van der Waals surface area (Å²) in [5.41, 5.74) is 0.650. The molecule has 0 amide bonds. The van der Waals surface area contributed by atoms with Gasteiger partial charge in [-0.25, -0.2) is 0 Å². The van der Waals surface area contributed by atoms with Gasteiger partial charge in [0.15, 0.2) is 0 Å². The predicted octanol–water partition coefficient (Wildman–Crippen LogP) is 3.22. The molecule has 1 saturated carbocycles. The van der Waals surface area contributed by atoms with E-state index in [9.17, 15) is 0 Å². The van der Waals surface area contributed by atoms with Gasteiger partial charge in [-0.3, -0.25) is 0 Å². The van der Waals surface area contributed by atoms with Crippen molar-refractivity contribution in [1.82, 2.24) is 0 Å². The van der Waals surface area contributed by atoms with Crippen LogP contribution in [0, 0.1) is 11.3 Å². The molecule has 0 aromatic rings.